The fourth-order valence-electron chi connectivity index (χ4n) is 2.98. The Morgan fingerprint density at radius 2 is 1.93 bits per heavy atom. The van der Waals surface area contributed by atoms with E-state index >= 15 is 0 Å². The van der Waals surface area contributed by atoms with Crippen LogP contribution < -0.4 is 5.32 Å². The molecule has 0 heterocycles. The Bertz CT molecular complexity index is 138. The minimum absolute atomic E-state index is 0.792. The molecule has 1 saturated carbocycles. The van der Waals surface area contributed by atoms with E-state index in [0.717, 1.165) is 24.4 Å². The van der Waals surface area contributed by atoms with Crippen molar-refractivity contribution in [1.82, 2.24) is 5.32 Å². The Kier molecular flexibility index (Phi) is 5.54. The molecule has 1 rings (SSSR count). The van der Waals surface area contributed by atoms with Gasteiger partial charge in [0.1, 0.15) is 0 Å². The lowest BCUT2D eigenvalue weighted by molar-refractivity contribution is 0.187. The van der Waals surface area contributed by atoms with E-state index < -0.39 is 0 Å². The Hall–Kier alpha value is -0.0400. The minimum Gasteiger partial charge on any atom is -0.314 e. The highest BCUT2D eigenvalue weighted by molar-refractivity contribution is 4.82. The highest BCUT2D eigenvalue weighted by atomic mass is 14.9. The van der Waals surface area contributed by atoms with Crippen molar-refractivity contribution in [2.24, 2.45) is 11.8 Å². The first-order valence-corrected chi connectivity index (χ1v) is 6.53. The molecule has 0 bridgehead atoms. The van der Waals surface area contributed by atoms with Crippen molar-refractivity contribution in [1.29, 1.82) is 0 Å². The van der Waals surface area contributed by atoms with E-state index in [0.29, 0.717) is 0 Å². The molecule has 0 aromatic carbocycles. The molecule has 3 unspecified atom stereocenters. The van der Waals surface area contributed by atoms with Gasteiger partial charge >= 0.3 is 0 Å². The summed E-state index contributed by atoms with van der Waals surface area (Å²) < 4.78 is 0. The molecule has 1 fully saturated rings. The third-order valence-corrected chi connectivity index (χ3v) is 3.76. The molecule has 1 aliphatic rings. The largest absolute Gasteiger partial charge is 0.314 e. The van der Waals surface area contributed by atoms with Crippen LogP contribution >= 0.6 is 0 Å². The molecule has 1 heteroatoms. The summed E-state index contributed by atoms with van der Waals surface area (Å²) in [4.78, 5) is 0. The zero-order chi connectivity index (χ0) is 10.4. The fourth-order valence-corrected chi connectivity index (χ4v) is 2.98. The normalized spacial score (nSPS) is 30.2. The predicted molar refractivity (Wildman–Crippen MR) is 63.5 cm³/mol. The van der Waals surface area contributed by atoms with Crippen molar-refractivity contribution in [2.45, 2.75) is 65.3 Å². The molecule has 14 heavy (non-hydrogen) atoms. The second kappa shape index (κ2) is 6.44. The molecule has 0 radical (unpaired) electrons. The highest BCUT2D eigenvalue weighted by Gasteiger charge is 2.27. The van der Waals surface area contributed by atoms with Gasteiger partial charge in [-0.05, 0) is 31.2 Å². The van der Waals surface area contributed by atoms with Crippen LogP contribution in [0.3, 0.4) is 0 Å². The number of nitrogens with one attached hydrogen (secondary N) is 1. The van der Waals surface area contributed by atoms with Gasteiger partial charge in [0.15, 0.2) is 0 Å². The van der Waals surface area contributed by atoms with E-state index in [4.69, 9.17) is 0 Å². The number of rotatable bonds is 5. The molecular formula is C13H27N. The van der Waals surface area contributed by atoms with Gasteiger partial charge < -0.3 is 5.32 Å². The van der Waals surface area contributed by atoms with Gasteiger partial charge in [0, 0.05) is 6.04 Å². The summed E-state index contributed by atoms with van der Waals surface area (Å²) >= 11 is 0. The Balaban J connectivity index is 2.46. The summed E-state index contributed by atoms with van der Waals surface area (Å²) in [6.45, 7) is 8.12. The third kappa shape index (κ3) is 3.27. The maximum atomic E-state index is 3.68. The molecule has 0 spiro atoms. The van der Waals surface area contributed by atoms with Crippen molar-refractivity contribution >= 4 is 0 Å². The van der Waals surface area contributed by atoms with Gasteiger partial charge in [0.2, 0.25) is 0 Å². The summed E-state index contributed by atoms with van der Waals surface area (Å²) in [5.41, 5.74) is 0. The standard InChI is InChI=1S/C13H27N/c1-4-8-13(14-5-2)12-10-7-6-9-11(12)3/h11-14H,4-10H2,1-3H3. The molecule has 3 atom stereocenters. The lowest BCUT2D eigenvalue weighted by atomic mass is 9.75. The van der Waals surface area contributed by atoms with Crippen LogP contribution in [0.4, 0.5) is 0 Å². The van der Waals surface area contributed by atoms with E-state index in [1.807, 2.05) is 0 Å². The average molecular weight is 197 g/mol. The summed E-state index contributed by atoms with van der Waals surface area (Å²) in [5.74, 6) is 1.89. The molecule has 1 aliphatic carbocycles. The maximum absolute atomic E-state index is 3.68. The molecule has 0 amide bonds. The summed E-state index contributed by atoms with van der Waals surface area (Å²) in [7, 11) is 0. The van der Waals surface area contributed by atoms with Crippen molar-refractivity contribution in [3.63, 3.8) is 0 Å². The Morgan fingerprint density at radius 1 is 1.21 bits per heavy atom. The molecule has 84 valence electrons. The quantitative estimate of drug-likeness (QED) is 0.710. The second-order valence-electron chi connectivity index (χ2n) is 4.88. The van der Waals surface area contributed by atoms with Crippen molar-refractivity contribution in [3.8, 4) is 0 Å². The van der Waals surface area contributed by atoms with Crippen LogP contribution in [0.25, 0.3) is 0 Å². The highest BCUT2D eigenvalue weighted by Crippen LogP contribution is 2.33. The second-order valence-corrected chi connectivity index (χ2v) is 4.88. The topological polar surface area (TPSA) is 12.0 Å². The Labute approximate surface area is 89.7 Å². The van der Waals surface area contributed by atoms with Crippen LogP contribution in [0.2, 0.25) is 0 Å². The molecular weight excluding hydrogens is 170 g/mol. The van der Waals surface area contributed by atoms with Crippen molar-refractivity contribution in [3.05, 3.63) is 0 Å². The van der Waals surface area contributed by atoms with Gasteiger partial charge in [0.05, 0.1) is 0 Å². The maximum Gasteiger partial charge on any atom is 0.00976 e. The smallest absolute Gasteiger partial charge is 0.00976 e. The number of hydrogen-bond acceptors (Lipinski definition) is 1. The first kappa shape index (κ1) is 12.0. The Morgan fingerprint density at radius 3 is 2.50 bits per heavy atom. The molecule has 0 saturated heterocycles. The van der Waals surface area contributed by atoms with Gasteiger partial charge in [-0.3, -0.25) is 0 Å². The average Bonchev–Trinajstić information content (AvgIpc) is 2.18. The zero-order valence-electron chi connectivity index (χ0n) is 10.2. The van der Waals surface area contributed by atoms with Gasteiger partial charge in [-0.15, -0.1) is 0 Å². The fraction of sp³-hybridized carbons (Fsp3) is 1.00. The predicted octanol–water partition coefficient (Wildman–Crippen LogP) is 3.59. The van der Waals surface area contributed by atoms with E-state index in [9.17, 15) is 0 Å². The van der Waals surface area contributed by atoms with Crippen LogP contribution in [0.1, 0.15) is 59.3 Å². The first-order valence-electron chi connectivity index (χ1n) is 6.53. The van der Waals surface area contributed by atoms with Crippen LogP contribution in [0.15, 0.2) is 0 Å². The third-order valence-electron chi connectivity index (χ3n) is 3.76. The van der Waals surface area contributed by atoms with Crippen molar-refractivity contribution in [2.75, 3.05) is 6.54 Å². The van der Waals surface area contributed by atoms with E-state index in [1.165, 1.54) is 38.5 Å². The minimum atomic E-state index is 0.792. The van der Waals surface area contributed by atoms with Crippen LogP contribution in [0, 0.1) is 11.8 Å². The molecule has 0 aromatic heterocycles. The first-order chi connectivity index (χ1) is 6.79. The monoisotopic (exact) mass is 197 g/mol. The molecule has 0 aliphatic heterocycles. The molecule has 0 aromatic rings. The lowest BCUT2D eigenvalue weighted by Crippen LogP contribution is -2.40. The van der Waals surface area contributed by atoms with Gasteiger partial charge in [-0.2, -0.15) is 0 Å². The van der Waals surface area contributed by atoms with Crippen molar-refractivity contribution < 1.29 is 0 Å². The van der Waals surface area contributed by atoms with Gasteiger partial charge in [-0.25, -0.2) is 0 Å². The van der Waals surface area contributed by atoms with Gasteiger partial charge in [-0.1, -0.05) is 46.5 Å². The van der Waals surface area contributed by atoms with Gasteiger partial charge in [0.25, 0.3) is 0 Å². The molecule has 1 N–H and O–H groups in total. The van der Waals surface area contributed by atoms with Crippen LogP contribution in [-0.2, 0) is 0 Å². The van der Waals surface area contributed by atoms with E-state index in [-0.39, 0.29) is 0 Å². The van der Waals surface area contributed by atoms with E-state index in [2.05, 4.69) is 26.1 Å². The summed E-state index contributed by atoms with van der Waals surface area (Å²) in [6, 6.07) is 0.792. The van der Waals surface area contributed by atoms with Crippen LogP contribution in [0.5, 0.6) is 0 Å². The van der Waals surface area contributed by atoms with Crippen LogP contribution in [-0.4, -0.2) is 12.6 Å². The molecule has 1 nitrogen and oxygen atoms in total. The SMILES string of the molecule is CCCC(NCC)C1CCCCC1C. The number of hydrogen-bond donors (Lipinski definition) is 1. The summed E-state index contributed by atoms with van der Waals surface area (Å²) in [5, 5.41) is 3.68. The zero-order valence-corrected chi connectivity index (χ0v) is 10.2. The van der Waals surface area contributed by atoms with E-state index in [1.54, 1.807) is 0 Å². The summed E-state index contributed by atoms with van der Waals surface area (Å²) in [6.07, 6.45) is 8.52. The lowest BCUT2D eigenvalue weighted by Gasteiger charge is -2.35.